The van der Waals surface area contributed by atoms with Crippen LogP contribution in [0.3, 0.4) is 0 Å². The van der Waals surface area contributed by atoms with Crippen LogP contribution in [0.1, 0.15) is 19.1 Å². The van der Waals surface area contributed by atoms with E-state index in [1.54, 1.807) is 4.90 Å². The Kier molecular flexibility index (Phi) is 5.33. The molecule has 1 aliphatic rings. The summed E-state index contributed by atoms with van der Waals surface area (Å²) in [4.78, 5) is 14.3. The third-order valence-corrected chi connectivity index (χ3v) is 4.33. The molecule has 5 nitrogen and oxygen atoms in total. The maximum Gasteiger partial charge on any atom is 0.223 e. The van der Waals surface area contributed by atoms with Crippen molar-refractivity contribution in [1.82, 2.24) is 4.90 Å². The van der Waals surface area contributed by atoms with E-state index in [1.165, 1.54) is 0 Å². The Morgan fingerprint density at radius 2 is 2.04 bits per heavy atom. The molecule has 1 aromatic carbocycles. The molecule has 2 heterocycles. The molecule has 2 unspecified atom stereocenters. The number of benzene rings is 1. The Balaban J connectivity index is 1.57. The van der Waals surface area contributed by atoms with Crippen LogP contribution >= 0.6 is 0 Å². The van der Waals surface area contributed by atoms with E-state index in [2.05, 4.69) is 0 Å². The first-order chi connectivity index (χ1) is 11.7. The summed E-state index contributed by atoms with van der Waals surface area (Å²) in [7, 11) is 0. The molecule has 1 fully saturated rings. The van der Waals surface area contributed by atoms with Gasteiger partial charge < -0.3 is 19.2 Å². The predicted molar refractivity (Wildman–Crippen MR) is 90.5 cm³/mol. The number of aryl methyl sites for hydroxylation is 1. The second-order valence-corrected chi connectivity index (χ2v) is 6.17. The molecule has 24 heavy (non-hydrogen) atoms. The highest BCUT2D eigenvalue weighted by molar-refractivity contribution is 5.77. The fourth-order valence-corrected chi connectivity index (χ4v) is 2.92. The zero-order chi connectivity index (χ0) is 16.9. The van der Waals surface area contributed by atoms with Crippen LogP contribution in [-0.4, -0.2) is 47.8 Å². The fourth-order valence-electron chi connectivity index (χ4n) is 2.92. The van der Waals surface area contributed by atoms with Crippen LogP contribution in [0, 0.1) is 0 Å². The number of aliphatic hydroxyl groups excluding tert-OH is 1. The highest BCUT2D eigenvalue weighted by Gasteiger charge is 2.29. The lowest BCUT2D eigenvalue weighted by atomic mass is 10.1. The summed E-state index contributed by atoms with van der Waals surface area (Å²) in [5.41, 5.74) is 1.03. The smallest absolute Gasteiger partial charge is 0.223 e. The molecule has 2 atom stereocenters. The average Bonchev–Trinajstić information content (AvgIpc) is 3.10. The molecule has 1 aliphatic heterocycles. The van der Waals surface area contributed by atoms with Crippen molar-refractivity contribution >= 4 is 5.91 Å². The van der Waals surface area contributed by atoms with Gasteiger partial charge in [-0.25, -0.2) is 0 Å². The lowest BCUT2D eigenvalue weighted by Crippen LogP contribution is -2.52. The van der Waals surface area contributed by atoms with Gasteiger partial charge in [-0.15, -0.1) is 0 Å². The van der Waals surface area contributed by atoms with Crippen molar-refractivity contribution in [2.75, 3.05) is 19.8 Å². The highest BCUT2D eigenvalue weighted by atomic mass is 16.5. The van der Waals surface area contributed by atoms with Crippen molar-refractivity contribution in [2.24, 2.45) is 0 Å². The molecule has 0 saturated carbocycles. The fraction of sp³-hybridized carbons (Fsp3) is 0.421. The van der Waals surface area contributed by atoms with Crippen molar-refractivity contribution in [3.8, 4) is 11.3 Å². The largest absolute Gasteiger partial charge is 0.461 e. The number of ether oxygens (including phenoxy) is 1. The second kappa shape index (κ2) is 7.64. The first kappa shape index (κ1) is 16.7. The van der Waals surface area contributed by atoms with Gasteiger partial charge in [0.15, 0.2) is 0 Å². The summed E-state index contributed by atoms with van der Waals surface area (Å²) in [5, 5.41) is 9.22. The van der Waals surface area contributed by atoms with Crippen LogP contribution in [0.2, 0.25) is 0 Å². The average molecular weight is 329 g/mol. The number of morpholine rings is 1. The molecule has 128 valence electrons. The molecule has 1 N–H and O–H groups in total. The molecule has 1 saturated heterocycles. The summed E-state index contributed by atoms with van der Waals surface area (Å²) in [6.07, 6.45) is 0.683. The van der Waals surface area contributed by atoms with Gasteiger partial charge in [-0.3, -0.25) is 4.79 Å². The number of carbonyl (C=O) groups excluding carboxylic acids is 1. The number of amides is 1. The van der Waals surface area contributed by atoms with Crippen LogP contribution in [0.5, 0.6) is 0 Å². The molecule has 0 spiro atoms. The summed E-state index contributed by atoms with van der Waals surface area (Å²) >= 11 is 0. The van der Waals surface area contributed by atoms with Gasteiger partial charge in [0.05, 0.1) is 25.4 Å². The molecule has 3 rings (SSSR count). The van der Waals surface area contributed by atoms with Gasteiger partial charge in [0.25, 0.3) is 0 Å². The second-order valence-electron chi connectivity index (χ2n) is 6.17. The van der Waals surface area contributed by atoms with Crippen molar-refractivity contribution in [3.05, 3.63) is 48.2 Å². The van der Waals surface area contributed by atoms with E-state index in [0.29, 0.717) is 26.0 Å². The number of furan rings is 1. The molecular weight excluding hydrogens is 306 g/mol. The topological polar surface area (TPSA) is 62.9 Å². The first-order valence-electron chi connectivity index (χ1n) is 8.33. The Morgan fingerprint density at radius 1 is 1.25 bits per heavy atom. The van der Waals surface area contributed by atoms with Gasteiger partial charge in [-0.1, -0.05) is 30.3 Å². The van der Waals surface area contributed by atoms with E-state index in [-0.39, 0.29) is 24.7 Å². The van der Waals surface area contributed by atoms with Crippen molar-refractivity contribution in [2.45, 2.75) is 31.9 Å². The Hall–Kier alpha value is -2.11. The van der Waals surface area contributed by atoms with E-state index in [9.17, 15) is 9.90 Å². The Bertz CT molecular complexity index is 667. The van der Waals surface area contributed by atoms with Crippen LogP contribution in [0.15, 0.2) is 46.9 Å². The first-order valence-corrected chi connectivity index (χ1v) is 8.33. The summed E-state index contributed by atoms with van der Waals surface area (Å²) < 4.78 is 11.3. The molecule has 0 bridgehead atoms. The van der Waals surface area contributed by atoms with Gasteiger partial charge in [0.2, 0.25) is 5.91 Å². The van der Waals surface area contributed by atoms with E-state index in [4.69, 9.17) is 9.15 Å². The van der Waals surface area contributed by atoms with Crippen molar-refractivity contribution < 1.29 is 19.1 Å². The third kappa shape index (κ3) is 3.86. The van der Waals surface area contributed by atoms with Gasteiger partial charge >= 0.3 is 0 Å². The van der Waals surface area contributed by atoms with E-state index >= 15 is 0 Å². The minimum Gasteiger partial charge on any atom is -0.461 e. The molecule has 0 aliphatic carbocycles. The maximum atomic E-state index is 12.5. The van der Waals surface area contributed by atoms with Crippen LogP contribution in [-0.2, 0) is 16.0 Å². The zero-order valence-electron chi connectivity index (χ0n) is 13.9. The van der Waals surface area contributed by atoms with Crippen LogP contribution in [0.25, 0.3) is 11.3 Å². The zero-order valence-corrected chi connectivity index (χ0v) is 13.9. The van der Waals surface area contributed by atoms with Gasteiger partial charge in [0.1, 0.15) is 11.5 Å². The van der Waals surface area contributed by atoms with Crippen LogP contribution < -0.4 is 0 Å². The highest BCUT2D eigenvalue weighted by Crippen LogP contribution is 2.23. The SMILES string of the molecule is CC1COC(CO)CN1C(=O)CCc1ccc(-c2ccccc2)o1. The molecule has 0 radical (unpaired) electrons. The summed E-state index contributed by atoms with van der Waals surface area (Å²) in [5.74, 6) is 1.70. The normalized spacial score (nSPS) is 21.0. The summed E-state index contributed by atoms with van der Waals surface area (Å²) in [6, 6.07) is 13.8. The predicted octanol–water partition coefficient (Wildman–Crippen LogP) is 2.49. The van der Waals surface area contributed by atoms with Crippen LogP contribution in [0.4, 0.5) is 0 Å². The molecular formula is C19H23NO4. The molecule has 1 aromatic heterocycles. The molecule has 5 heteroatoms. The minimum atomic E-state index is -0.279. The van der Waals surface area contributed by atoms with E-state index < -0.39 is 0 Å². The monoisotopic (exact) mass is 329 g/mol. The molecule has 2 aromatic rings. The Labute approximate surface area is 141 Å². The van der Waals surface area contributed by atoms with E-state index in [1.807, 2.05) is 49.4 Å². The number of rotatable bonds is 5. The number of carbonyl (C=O) groups is 1. The number of hydrogen-bond acceptors (Lipinski definition) is 4. The van der Waals surface area contributed by atoms with Crippen molar-refractivity contribution in [3.63, 3.8) is 0 Å². The quantitative estimate of drug-likeness (QED) is 0.915. The van der Waals surface area contributed by atoms with Gasteiger partial charge in [-0.2, -0.15) is 0 Å². The van der Waals surface area contributed by atoms with Gasteiger partial charge in [-0.05, 0) is 19.1 Å². The standard InChI is InChI=1S/C19H23NO4/c1-14-13-23-17(12-21)11-20(14)19(22)10-8-16-7-9-18(24-16)15-5-3-2-4-6-15/h2-7,9,14,17,21H,8,10-13H2,1H3. The third-order valence-electron chi connectivity index (χ3n) is 4.33. The maximum absolute atomic E-state index is 12.5. The lowest BCUT2D eigenvalue weighted by Gasteiger charge is -2.37. The van der Waals surface area contributed by atoms with E-state index in [0.717, 1.165) is 17.1 Å². The summed E-state index contributed by atoms with van der Waals surface area (Å²) in [6.45, 7) is 2.82. The lowest BCUT2D eigenvalue weighted by molar-refractivity contribution is -0.146. The number of nitrogens with zero attached hydrogens (tertiary/aromatic N) is 1. The number of aliphatic hydroxyl groups is 1. The Morgan fingerprint density at radius 3 is 2.79 bits per heavy atom. The van der Waals surface area contributed by atoms with Crippen molar-refractivity contribution in [1.29, 1.82) is 0 Å². The van der Waals surface area contributed by atoms with Gasteiger partial charge in [0, 0.05) is 24.9 Å². The number of hydrogen-bond donors (Lipinski definition) is 1. The minimum absolute atomic E-state index is 0.0387. The molecule has 1 amide bonds.